The van der Waals surface area contributed by atoms with Crippen molar-refractivity contribution in [1.82, 2.24) is 24.7 Å². The van der Waals surface area contributed by atoms with Crippen molar-refractivity contribution in [2.75, 3.05) is 0 Å². The number of aromatic amines is 1. The van der Waals surface area contributed by atoms with Gasteiger partial charge in [-0.25, -0.2) is 14.6 Å². The molecule has 190 valence electrons. The highest BCUT2D eigenvalue weighted by Gasteiger charge is 2.42. The lowest BCUT2D eigenvalue weighted by atomic mass is 10.1. The van der Waals surface area contributed by atoms with Gasteiger partial charge in [-0.1, -0.05) is 42.5 Å². The first-order chi connectivity index (χ1) is 18.3. The van der Waals surface area contributed by atoms with E-state index < -0.39 is 18.1 Å². The van der Waals surface area contributed by atoms with Crippen LogP contribution in [0.1, 0.15) is 15.9 Å². The fourth-order valence-corrected chi connectivity index (χ4v) is 3.74. The normalized spacial score (nSPS) is 11.3. The number of aromatic nitrogens is 5. The average molecular weight is 517 g/mol. The van der Waals surface area contributed by atoms with Crippen LogP contribution in [-0.2, 0) is 16.1 Å². The second-order valence-electron chi connectivity index (χ2n) is 8.24. The standard InChI is InChI=1S/C27H18F3N5O3/c28-27(29,30)26(37)38-25(36)20-8-4-5-17(11-20)15-35-16-21(13-33-35)19-9-10-31-22(12-19)24-32-14-23(34-24)18-6-2-1-3-7-18/h1-14,16H,15H2,(H,32,34). The first-order valence-electron chi connectivity index (χ1n) is 11.3. The molecule has 0 radical (unpaired) electrons. The van der Waals surface area contributed by atoms with Gasteiger partial charge in [0.25, 0.3) is 0 Å². The number of carbonyl (C=O) groups is 2. The molecule has 11 heteroatoms. The molecule has 38 heavy (non-hydrogen) atoms. The van der Waals surface area contributed by atoms with E-state index in [0.717, 1.165) is 22.4 Å². The molecule has 5 rings (SSSR count). The molecule has 1 N–H and O–H groups in total. The van der Waals surface area contributed by atoms with Gasteiger partial charge in [-0.3, -0.25) is 9.67 Å². The van der Waals surface area contributed by atoms with Crippen LogP contribution in [0.2, 0.25) is 0 Å². The Kier molecular flexibility index (Phi) is 6.56. The zero-order valence-electron chi connectivity index (χ0n) is 19.5. The van der Waals surface area contributed by atoms with E-state index in [1.165, 1.54) is 18.2 Å². The van der Waals surface area contributed by atoms with Gasteiger partial charge in [-0.2, -0.15) is 18.3 Å². The van der Waals surface area contributed by atoms with Crippen LogP contribution in [-0.4, -0.2) is 42.8 Å². The zero-order chi connectivity index (χ0) is 26.7. The Bertz CT molecular complexity index is 1610. The summed E-state index contributed by atoms with van der Waals surface area (Å²) in [6.07, 6.45) is 1.61. The number of hydrogen-bond acceptors (Lipinski definition) is 6. The van der Waals surface area contributed by atoms with Crippen molar-refractivity contribution < 1.29 is 27.5 Å². The maximum Gasteiger partial charge on any atom is 0.491 e. The summed E-state index contributed by atoms with van der Waals surface area (Å²) in [5, 5.41) is 4.34. The largest absolute Gasteiger partial charge is 0.491 e. The van der Waals surface area contributed by atoms with Crippen molar-refractivity contribution in [3.63, 3.8) is 0 Å². The maximum absolute atomic E-state index is 12.4. The summed E-state index contributed by atoms with van der Waals surface area (Å²) in [5.41, 5.74) is 4.57. The summed E-state index contributed by atoms with van der Waals surface area (Å²) in [6, 6.07) is 19.3. The van der Waals surface area contributed by atoms with Crippen molar-refractivity contribution in [1.29, 1.82) is 0 Å². The molecule has 0 spiro atoms. The molecule has 3 heterocycles. The number of hydrogen-bond donors (Lipinski definition) is 1. The van der Waals surface area contributed by atoms with Crippen LogP contribution in [0, 0.1) is 0 Å². The van der Waals surface area contributed by atoms with Crippen LogP contribution >= 0.6 is 0 Å². The summed E-state index contributed by atoms with van der Waals surface area (Å²) in [6.45, 7) is 0.227. The van der Waals surface area contributed by atoms with Crippen LogP contribution in [0.25, 0.3) is 33.9 Å². The van der Waals surface area contributed by atoms with Crippen LogP contribution < -0.4 is 0 Å². The van der Waals surface area contributed by atoms with Gasteiger partial charge >= 0.3 is 18.1 Å². The molecule has 0 unspecified atom stereocenters. The average Bonchev–Trinajstić information content (AvgIpc) is 3.59. The molecule has 0 saturated carbocycles. The number of H-pyrrole nitrogens is 1. The van der Waals surface area contributed by atoms with Crippen molar-refractivity contribution in [2.45, 2.75) is 12.7 Å². The van der Waals surface area contributed by atoms with Crippen molar-refractivity contribution in [3.8, 4) is 33.9 Å². The molecule has 2 aromatic carbocycles. The minimum Gasteiger partial charge on any atom is -0.383 e. The number of carbonyl (C=O) groups excluding carboxylic acids is 2. The predicted octanol–water partition coefficient (Wildman–Crippen LogP) is 5.30. The van der Waals surface area contributed by atoms with Crippen molar-refractivity contribution in [3.05, 3.63) is 103 Å². The lowest BCUT2D eigenvalue weighted by molar-refractivity contribution is -0.193. The van der Waals surface area contributed by atoms with Gasteiger partial charge in [0.1, 0.15) is 5.69 Å². The Morgan fingerprint density at radius 2 is 1.71 bits per heavy atom. The number of nitrogens with one attached hydrogen (secondary N) is 1. The van der Waals surface area contributed by atoms with Gasteiger partial charge in [-0.05, 0) is 41.0 Å². The van der Waals surface area contributed by atoms with E-state index in [2.05, 4.69) is 24.8 Å². The quantitative estimate of drug-likeness (QED) is 0.242. The third-order valence-corrected chi connectivity index (χ3v) is 5.55. The maximum atomic E-state index is 12.4. The second kappa shape index (κ2) is 10.1. The van der Waals surface area contributed by atoms with Gasteiger partial charge in [0.2, 0.25) is 0 Å². The topological polar surface area (TPSA) is 103 Å². The zero-order valence-corrected chi connectivity index (χ0v) is 19.5. The first-order valence-corrected chi connectivity index (χ1v) is 11.3. The first kappa shape index (κ1) is 24.6. The highest BCUT2D eigenvalue weighted by molar-refractivity contribution is 5.98. The summed E-state index contributed by atoms with van der Waals surface area (Å²) >= 11 is 0. The number of alkyl halides is 3. The molecule has 0 saturated heterocycles. The second-order valence-corrected chi connectivity index (χ2v) is 8.24. The number of halogens is 3. The molecule has 0 fully saturated rings. The number of esters is 2. The molecular weight excluding hydrogens is 499 g/mol. The molecule has 0 aliphatic carbocycles. The van der Waals surface area contributed by atoms with Crippen LogP contribution in [0.3, 0.4) is 0 Å². The fourth-order valence-electron chi connectivity index (χ4n) is 3.74. The van der Waals surface area contributed by atoms with Crippen molar-refractivity contribution in [2.24, 2.45) is 0 Å². The highest BCUT2D eigenvalue weighted by Crippen LogP contribution is 2.25. The third-order valence-electron chi connectivity index (χ3n) is 5.55. The summed E-state index contributed by atoms with van der Waals surface area (Å²) < 4.78 is 42.7. The Hall–Kier alpha value is -5.06. The molecule has 0 atom stereocenters. The lowest BCUT2D eigenvalue weighted by Crippen LogP contribution is -2.28. The molecular formula is C27H18F3N5O3. The third kappa shape index (κ3) is 5.51. The highest BCUT2D eigenvalue weighted by atomic mass is 19.4. The summed E-state index contributed by atoms with van der Waals surface area (Å²) in [4.78, 5) is 35.0. The van der Waals surface area contributed by atoms with Gasteiger partial charge in [0, 0.05) is 18.0 Å². The monoisotopic (exact) mass is 517 g/mol. The minimum atomic E-state index is -5.26. The Morgan fingerprint density at radius 1 is 0.895 bits per heavy atom. The van der Waals surface area contributed by atoms with E-state index in [0.29, 0.717) is 17.1 Å². The molecule has 0 bridgehead atoms. The number of nitrogens with zero attached hydrogens (tertiary/aromatic N) is 4. The van der Waals surface area contributed by atoms with E-state index in [1.54, 1.807) is 35.5 Å². The molecule has 0 amide bonds. The Balaban J connectivity index is 1.30. The van der Waals surface area contributed by atoms with Gasteiger partial charge in [0.15, 0.2) is 5.82 Å². The number of ether oxygens (including phenoxy) is 1. The molecule has 5 aromatic rings. The van der Waals surface area contributed by atoms with Crippen LogP contribution in [0.15, 0.2) is 91.5 Å². The minimum absolute atomic E-state index is 0.181. The number of pyridine rings is 1. The number of rotatable bonds is 6. The van der Waals surface area contributed by atoms with E-state index in [9.17, 15) is 22.8 Å². The Morgan fingerprint density at radius 3 is 2.50 bits per heavy atom. The molecule has 0 aliphatic rings. The van der Waals surface area contributed by atoms with E-state index in [4.69, 9.17) is 0 Å². The Labute approximate surface area is 213 Å². The summed E-state index contributed by atoms with van der Waals surface area (Å²) in [5.74, 6) is -3.33. The van der Waals surface area contributed by atoms with Crippen molar-refractivity contribution >= 4 is 11.9 Å². The smallest absolute Gasteiger partial charge is 0.383 e. The van der Waals surface area contributed by atoms with Gasteiger partial charge in [0.05, 0.1) is 30.2 Å². The summed E-state index contributed by atoms with van der Waals surface area (Å²) in [7, 11) is 0. The van der Waals surface area contributed by atoms with E-state index in [-0.39, 0.29) is 12.1 Å². The molecule has 3 aromatic heterocycles. The SMILES string of the molecule is O=C(OC(=O)C(F)(F)F)c1cccc(Cn2cc(-c3ccnc(-c4ncc(-c5ccccc5)[nH]4)c3)cn2)c1. The van der Waals surface area contributed by atoms with Gasteiger partial charge < -0.3 is 9.72 Å². The molecule has 8 nitrogen and oxygen atoms in total. The number of benzene rings is 2. The van der Waals surface area contributed by atoms with Crippen LogP contribution in [0.4, 0.5) is 13.2 Å². The predicted molar refractivity (Wildman–Crippen MR) is 130 cm³/mol. The van der Waals surface area contributed by atoms with Crippen LogP contribution in [0.5, 0.6) is 0 Å². The number of imidazole rings is 1. The van der Waals surface area contributed by atoms with E-state index >= 15 is 0 Å². The van der Waals surface area contributed by atoms with Gasteiger partial charge in [-0.15, -0.1) is 0 Å². The fraction of sp³-hybridized carbons (Fsp3) is 0.0741. The molecule has 0 aliphatic heterocycles. The lowest BCUT2D eigenvalue weighted by Gasteiger charge is -2.07. The van der Waals surface area contributed by atoms with E-state index in [1.807, 2.05) is 42.5 Å².